The lowest BCUT2D eigenvalue weighted by atomic mass is 10.0. The first-order valence-electron chi connectivity index (χ1n) is 7.92. The molecule has 1 saturated heterocycles. The zero-order valence-electron chi connectivity index (χ0n) is 13.4. The Morgan fingerprint density at radius 1 is 1.04 bits per heavy atom. The third-order valence-corrected chi connectivity index (χ3v) is 4.34. The number of hydrogen-bond donors (Lipinski definition) is 1. The maximum Gasteiger partial charge on any atom is 0.219 e. The molecule has 120 valence electrons. The van der Waals surface area contributed by atoms with Crippen LogP contribution < -0.4 is 10.6 Å². The molecular weight excluding hydrogens is 288 g/mol. The van der Waals surface area contributed by atoms with E-state index in [0.717, 1.165) is 43.1 Å². The molecule has 0 unspecified atom stereocenters. The lowest BCUT2D eigenvalue weighted by Gasteiger charge is -2.35. The number of amides is 1. The minimum Gasteiger partial charge on any atom is -0.353 e. The summed E-state index contributed by atoms with van der Waals surface area (Å²) in [5.74, 6) is 1.08. The molecular formula is C18H22N4O. The first-order valence-corrected chi connectivity index (χ1v) is 7.92. The molecule has 0 bridgehead atoms. The predicted octanol–water partition coefficient (Wildman–Crippen LogP) is 1.80. The second kappa shape index (κ2) is 6.79. The summed E-state index contributed by atoms with van der Waals surface area (Å²) in [5, 5.41) is 0. The van der Waals surface area contributed by atoms with Gasteiger partial charge >= 0.3 is 0 Å². The Morgan fingerprint density at radius 2 is 1.74 bits per heavy atom. The number of benzene rings is 1. The van der Waals surface area contributed by atoms with E-state index in [1.165, 1.54) is 0 Å². The minimum atomic E-state index is -0.160. The smallest absolute Gasteiger partial charge is 0.219 e. The van der Waals surface area contributed by atoms with Crippen molar-refractivity contribution >= 4 is 11.7 Å². The molecule has 1 aromatic carbocycles. The zero-order valence-corrected chi connectivity index (χ0v) is 13.4. The number of pyridine rings is 1. The molecule has 0 spiro atoms. The van der Waals surface area contributed by atoms with Crippen molar-refractivity contribution in [3.8, 4) is 0 Å². The zero-order chi connectivity index (χ0) is 16.2. The van der Waals surface area contributed by atoms with Crippen LogP contribution in [0.1, 0.15) is 24.1 Å². The molecule has 5 heteroatoms. The van der Waals surface area contributed by atoms with E-state index in [-0.39, 0.29) is 11.9 Å². The summed E-state index contributed by atoms with van der Waals surface area (Å²) in [6.07, 6.45) is 1.85. The van der Waals surface area contributed by atoms with E-state index in [0.29, 0.717) is 0 Å². The molecule has 1 amide bonds. The van der Waals surface area contributed by atoms with Crippen LogP contribution >= 0.6 is 0 Å². The number of anilines is 1. The van der Waals surface area contributed by atoms with Crippen molar-refractivity contribution in [1.29, 1.82) is 0 Å². The van der Waals surface area contributed by atoms with Crippen molar-refractivity contribution in [3.63, 3.8) is 0 Å². The van der Waals surface area contributed by atoms with Crippen molar-refractivity contribution < 1.29 is 4.79 Å². The molecule has 1 fully saturated rings. The summed E-state index contributed by atoms with van der Waals surface area (Å²) in [6, 6.07) is 13.9. The molecule has 3 rings (SSSR count). The quantitative estimate of drug-likeness (QED) is 0.939. The predicted molar refractivity (Wildman–Crippen MR) is 91.2 cm³/mol. The fourth-order valence-corrected chi connectivity index (χ4v) is 2.87. The maximum atomic E-state index is 11.4. The van der Waals surface area contributed by atoms with Crippen LogP contribution in [-0.4, -0.2) is 42.0 Å². The standard InChI is InChI=1S/C18H22N4O/c1-14(23)21-9-11-22(12-10-21)17-8-7-16(13-20-17)18(19)15-5-3-2-4-6-15/h2-8,13,18H,9-12,19H2,1H3/t18-/m1/s1. The molecule has 0 aliphatic carbocycles. The van der Waals surface area contributed by atoms with Crippen LogP contribution in [0, 0.1) is 0 Å². The van der Waals surface area contributed by atoms with E-state index >= 15 is 0 Å². The molecule has 2 heterocycles. The van der Waals surface area contributed by atoms with Gasteiger partial charge in [0.05, 0.1) is 6.04 Å². The van der Waals surface area contributed by atoms with Crippen molar-refractivity contribution in [1.82, 2.24) is 9.88 Å². The van der Waals surface area contributed by atoms with E-state index < -0.39 is 0 Å². The Hall–Kier alpha value is -2.40. The first-order chi connectivity index (χ1) is 11.1. The summed E-state index contributed by atoms with van der Waals surface area (Å²) >= 11 is 0. The number of carbonyl (C=O) groups excluding carboxylic acids is 1. The molecule has 5 nitrogen and oxygen atoms in total. The molecule has 2 aromatic rings. The highest BCUT2D eigenvalue weighted by Gasteiger charge is 2.19. The van der Waals surface area contributed by atoms with Crippen LogP contribution in [0.2, 0.25) is 0 Å². The van der Waals surface area contributed by atoms with Gasteiger partial charge in [-0.1, -0.05) is 36.4 Å². The summed E-state index contributed by atoms with van der Waals surface area (Å²) < 4.78 is 0. The number of rotatable bonds is 3. The van der Waals surface area contributed by atoms with Crippen LogP contribution in [0.4, 0.5) is 5.82 Å². The summed E-state index contributed by atoms with van der Waals surface area (Å²) in [5.41, 5.74) is 8.38. The van der Waals surface area contributed by atoms with E-state index in [1.807, 2.05) is 53.6 Å². The van der Waals surface area contributed by atoms with Gasteiger partial charge < -0.3 is 15.5 Å². The first kappa shape index (κ1) is 15.5. The maximum absolute atomic E-state index is 11.4. The molecule has 2 N–H and O–H groups in total. The van der Waals surface area contributed by atoms with Crippen LogP contribution in [0.3, 0.4) is 0 Å². The van der Waals surface area contributed by atoms with Crippen LogP contribution in [-0.2, 0) is 4.79 Å². The Morgan fingerprint density at radius 3 is 2.30 bits per heavy atom. The highest BCUT2D eigenvalue weighted by Crippen LogP contribution is 2.21. The number of aromatic nitrogens is 1. The lowest BCUT2D eigenvalue weighted by Crippen LogP contribution is -2.48. The normalized spacial score (nSPS) is 16.3. The topological polar surface area (TPSA) is 62.5 Å². The van der Waals surface area contributed by atoms with Crippen LogP contribution in [0.15, 0.2) is 48.7 Å². The Kier molecular flexibility index (Phi) is 4.57. The Labute approximate surface area is 136 Å². The fourth-order valence-electron chi connectivity index (χ4n) is 2.87. The van der Waals surface area contributed by atoms with Gasteiger partial charge in [0.15, 0.2) is 0 Å². The fraction of sp³-hybridized carbons (Fsp3) is 0.333. The third kappa shape index (κ3) is 3.51. The minimum absolute atomic E-state index is 0.141. The molecule has 1 aliphatic rings. The molecule has 23 heavy (non-hydrogen) atoms. The SMILES string of the molecule is CC(=O)N1CCN(c2ccc([C@H](N)c3ccccc3)cn2)CC1. The van der Waals surface area contributed by atoms with Gasteiger partial charge in [0, 0.05) is 39.3 Å². The van der Waals surface area contributed by atoms with Crippen molar-refractivity contribution in [2.45, 2.75) is 13.0 Å². The largest absolute Gasteiger partial charge is 0.353 e. The second-order valence-electron chi connectivity index (χ2n) is 5.83. The molecule has 1 aromatic heterocycles. The Balaban J connectivity index is 1.67. The van der Waals surface area contributed by atoms with Crippen molar-refractivity contribution in [2.24, 2.45) is 5.73 Å². The van der Waals surface area contributed by atoms with Gasteiger partial charge in [-0.2, -0.15) is 0 Å². The van der Waals surface area contributed by atoms with E-state index in [1.54, 1.807) is 6.92 Å². The summed E-state index contributed by atoms with van der Waals surface area (Å²) in [4.78, 5) is 20.0. The molecule has 1 aliphatic heterocycles. The monoisotopic (exact) mass is 310 g/mol. The average molecular weight is 310 g/mol. The molecule has 1 atom stereocenters. The number of nitrogens with two attached hydrogens (primary N) is 1. The summed E-state index contributed by atoms with van der Waals surface area (Å²) in [6.45, 7) is 4.76. The number of carbonyl (C=O) groups is 1. The number of nitrogens with zero attached hydrogens (tertiary/aromatic N) is 3. The van der Waals surface area contributed by atoms with E-state index in [4.69, 9.17) is 5.73 Å². The average Bonchev–Trinajstić information content (AvgIpc) is 2.62. The van der Waals surface area contributed by atoms with Gasteiger partial charge in [0.2, 0.25) is 5.91 Å². The van der Waals surface area contributed by atoms with Crippen LogP contribution in [0.5, 0.6) is 0 Å². The van der Waals surface area contributed by atoms with Gasteiger partial charge in [-0.25, -0.2) is 4.98 Å². The van der Waals surface area contributed by atoms with Gasteiger partial charge in [-0.15, -0.1) is 0 Å². The highest BCUT2D eigenvalue weighted by molar-refractivity contribution is 5.73. The van der Waals surface area contributed by atoms with E-state index in [2.05, 4.69) is 9.88 Å². The van der Waals surface area contributed by atoms with Gasteiger partial charge in [0.1, 0.15) is 5.82 Å². The van der Waals surface area contributed by atoms with Crippen molar-refractivity contribution in [2.75, 3.05) is 31.1 Å². The summed E-state index contributed by atoms with van der Waals surface area (Å²) in [7, 11) is 0. The van der Waals surface area contributed by atoms with Crippen LogP contribution in [0.25, 0.3) is 0 Å². The Bertz CT molecular complexity index is 648. The lowest BCUT2D eigenvalue weighted by molar-refractivity contribution is -0.129. The van der Waals surface area contributed by atoms with Gasteiger partial charge in [-0.05, 0) is 17.2 Å². The van der Waals surface area contributed by atoms with E-state index in [9.17, 15) is 4.79 Å². The highest BCUT2D eigenvalue weighted by atomic mass is 16.2. The van der Waals surface area contributed by atoms with Crippen molar-refractivity contribution in [3.05, 3.63) is 59.8 Å². The second-order valence-corrected chi connectivity index (χ2v) is 5.83. The number of hydrogen-bond acceptors (Lipinski definition) is 4. The molecule has 0 saturated carbocycles. The number of piperazine rings is 1. The molecule has 0 radical (unpaired) electrons. The van der Waals surface area contributed by atoms with Gasteiger partial charge in [0.25, 0.3) is 0 Å². The van der Waals surface area contributed by atoms with Gasteiger partial charge in [-0.3, -0.25) is 4.79 Å². The third-order valence-electron chi connectivity index (χ3n) is 4.34.